The topological polar surface area (TPSA) is 72.7 Å². The Hall–Kier alpha value is -3.84. The van der Waals surface area contributed by atoms with Crippen molar-refractivity contribution in [3.8, 4) is 5.75 Å². The maximum Gasteiger partial charge on any atom is 0.267 e. The van der Waals surface area contributed by atoms with Gasteiger partial charge in [-0.15, -0.1) is 0 Å². The van der Waals surface area contributed by atoms with E-state index in [1.165, 1.54) is 5.56 Å². The average Bonchev–Trinajstić information content (AvgIpc) is 3.21. The highest BCUT2D eigenvalue weighted by molar-refractivity contribution is 5.84. The molecule has 1 aromatic heterocycles. The number of benzene rings is 3. The first kappa shape index (κ1) is 19.1. The summed E-state index contributed by atoms with van der Waals surface area (Å²) >= 11 is 0. The van der Waals surface area contributed by atoms with Crippen LogP contribution in [0.4, 0.5) is 11.4 Å². The molecule has 156 valence electrons. The van der Waals surface area contributed by atoms with Gasteiger partial charge in [-0.3, -0.25) is 4.68 Å². The van der Waals surface area contributed by atoms with E-state index in [2.05, 4.69) is 40.0 Å². The van der Waals surface area contributed by atoms with E-state index in [-0.39, 0.29) is 0 Å². The first-order chi connectivity index (χ1) is 15.2. The molecule has 0 spiro atoms. The maximum atomic E-state index is 5.87. The number of hydrogen-bond acceptors (Lipinski definition) is 6. The lowest BCUT2D eigenvalue weighted by atomic mass is 10.0. The quantitative estimate of drug-likeness (QED) is 0.458. The Morgan fingerprint density at radius 3 is 2.71 bits per heavy atom. The first-order valence-corrected chi connectivity index (χ1v) is 10.0. The number of methoxy groups -OCH3 is 2. The molecule has 7 nitrogen and oxygen atoms in total. The van der Waals surface area contributed by atoms with E-state index >= 15 is 0 Å². The van der Waals surface area contributed by atoms with Gasteiger partial charge < -0.3 is 20.1 Å². The summed E-state index contributed by atoms with van der Waals surface area (Å²) in [7, 11) is 3.29. The Labute approximate surface area is 180 Å². The van der Waals surface area contributed by atoms with Crippen LogP contribution in [0.3, 0.4) is 0 Å². The van der Waals surface area contributed by atoms with Crippen LogP contribution in [0.5, 0.6) is 5.75 Å². The molecule has 0 saturated carbocycles. The molecule has 7 heteroatoms. The molecule has 4 aromatic rings. The normalized spacial score (nSPS) is 17.2. The number of ether oxygens (including phenoxy) is 2. The van der Waals surface area contributed by atoms with Crippen molar-refractivity contribution in [2.24, 2.45) is 4.99 Å². The minimum atomic E-state index is -1.04. The Bertz CT molecular complexity index is 1250. The monoisotopic (exact) mass is 413 g/mol. The summed E-state index contributed by atoms with van der Waals surface area (Å²) in [6.45, 7) is 0.728. The van der Waals surface area contributed by atoms with Crippen LogP contribution in [0.15, 0.2) is 77.9 Å². The zero-order chi connectivity index (χ0) is 21.3. The van der Waals surface area contributed by atoms with Crippen LogP contribution in [0.25, 0.3) is 10.9 Å². The van der Waals surface area contributed by atoms with E-state index < -0.39 is 5.85 Å². The Balaban J connectivity index is 1.45. The van der Waals surface area contributed by atoms with E-state index in [9.17, 15) is 0 Å². The molecule has 5 rings (SSSR count). The van der Waals surface area contributed by atoms with Crippen LogP contribution in [-0.4, -0.2) is 30.3 Å². The SMILES string of the molecule is COc1ccc2c(c1)NC=NC2(Nc1ccc2nn(Cc3ccccc3)cc2c1)OC. The molecule has 1 atom stereocenters. The third kappa shape index (κ3) is 3.60. The summed E-state index contributed by atoms with van der Waals surface area (Å²) in [4.78, 5) is 4.58. The van der Waals surface area contributed by atoms with Crippen molar-refractivity contribution in [2.45, 2.75) is 12.4 Å². The van der Waals surface area contributed by atoms with Crippen molar-refractivity contribution < 1.29 is 9.47 Å². The highest BCUT2D eigenvalue weighted by Gasteiger charge is 2.36. The van der Waals surface area contributed by atoms with E-state index in [1.807, 2.05) is 53.2 Å². The number of nitrogens with zero attached hydrogens (tertiary/aromatic N) is 3. The lowest BCUT2D eigenvalue weighted by molar-refractivity contribution is 0.0191. The number of rotatable bonds is 6. The van der Waals surface area contributed by atoms with Crippen molar-refractivity contribution in [3.05, 3.63) is 84.1 Å². The van der Waals surface area contributed by atoms with E-state index in [0.717, 1.165) is 40.1 Å². The molecule has 1 aliphatic rings. The second kappa shape index (κ2) is 7.77. The van der Waals surface area contributed by atoms with Crippen LogP contribution in [0.2, 0.25) is 0 Å². The molecule has 1 unspecified atom stereocenters. The van der Waals surface area contributed by atoms with Gasteiger partial charge in [-0.05, 0) is 35.9 Å². The van der Waals surface area contributed by atoms with Crippen molar-refractivity contribution in [3.63, 3.8) is 0 Å². The fourth-order valence-corrected chi connectivity index (χ4v) is 3.84. The summed E-state index contributed by atoms with van der Waals surface area (Å²) < 4.78 is 13.2. The summed E-state index contributed by atoms with van der Waals surface area (Å²) in [5.74, 6) is -0.278. The highest BCUT2D eigenvalue weighted by atomic mass is 16.5. The van der Waals surface area contributed by atoms with Gasteiger partial charge in [0, 0.05) is 30.4 Å². The summed E-state index contributed by atoms with van der Waals surface area (Å²) in [5, 5.41) is 12.3. The molecule has 0 amide bonds. The molecule has 0 radical (unpaired) electrons. The Kier molecular flexibility index (Phi) is 4.80. The first-order valence-electron chi connectivity index (χ1n) is 10.0. The molecule has 0 bridgehead atoms. The molecule has 3 aromatic carbocycles. The molecule has 0 fully saturated rings. The lowest BCUT2D eigenvalue weighted by Crippen LogP contribution is -2.38. The van der Waals surface area contributed by atoms with Gasteiger partial charge in [0.1, 0.15) is 5.75 Å². The molecular formula is C24H23N5O2. The van der Waals surface area contributed by atoms with Gasteiger partial charge in [0.25, 0.3) is 5.85 Å². The third-order valence-electron chi connectivity index (χ3n) is 5.41. The molecule has 2 heterocycles. The number of aliphatic imine (C=N–C) groups is 1. The predicted octanol–water partition coefficient (Wildman–Crippen LogP) is 4.42. The largest absolute Gasteiger partial charge is 0.497 e. The third-order valence-corrected chi connectivity index (χ3v) is 5.41. The van der Waals surface area contributed by atoms with Gasteiger partial charge in [0.2, 0.25) is 0 Å². The lowest BCUT2D eigenvalue weighted by Gasteiger charge is -2.34. The summed E-state index contributed by atoms with van der Waals surface area (Å²) in [5.41, 5.74) is 4.78. The number of aromatic nitrogens is 2. The standard InChI is InChI=1S/C24H23N5O2/c1-30-20-9-10-21-23(13-20)25-16-26-24(21,31-2)27-19-8-11-22-18(12-19)15-29(28-22)14-17-6-4-3-5-7-17/h3-13,15-16,27H,14H2,1-2H3,(H,25,26). The molecule has 1 aliphatic heterocycles. The van der Waals surface area contributed by atoms with Crippen molar-refractivity contribution >= 4 is 28.6 Å². The number of hydrogen-bond donors (Lipinski definition) is 2. The van der Waals surface area contributed by atoms with E-state index in [0.29, 0.717) is 0 Å². The van der Waals surface area contributed by atoms with Gasteiger partial charge in [0.15, 0.2) is 0 Å². The van der Waals surface area contributed by atoms with Crippen molar-refractivity contribution in [2.75, 3.05) is 24.9 Å². The molecule has 0 saturated heterocycles. The van der Waals surface area contributed by atoms with Gasteiger partial charge in [-0.2, -0.15) is 5.10 Å². The molecule has 31 heavy (non-hydrogen) atoms. The van der Waals surface area contributed by atoms with Crippen molar-refractivity contribution in [1.82, 2.24) is 9.78 Å². The number of nitrogens with one attached hydrogen (secondary N) is 2. The van der Waals surface area contributed by atoms with Crippen LogP contribution in [-0.2, 0) is 17.1 Å². The second-order valence-electron chi connectivity index (χ2n) is 7.37. The number of anilines is 2. The van der Waals surface area contributed by atoms with Crippen LogP contribution >= 0.6 is 0 Å². The van der Waals surface area contributed by atoms with E-state index in [1.54, 1.807) is 20.6 Å². The minimum Gasteiger partial charge on any atom is -0.497 e. The number of fused-ring (bicyclic) bond motifs is 2. The molecule has 0 aliphatic carbocycles. The van der Waals surface area contributed by atoms with Crippen LogP contribution in [0.1, 0.15) is 11.1 Å². The van der Waals surface area contributed by atoms with E-state index in [4.69, 9.17) is 14.6 Å². The Morgan fingerprint density at radius 1 is 1.03 bits per heavy atom. The van der Waals surface area contributed by atoms with Gasteiger partial charge in [-0.25, -0.2) is 4.99 Å². The maximum absolute atomic E-state index is 5.87. The fourth-order valence-electron chi connectivity index (χ4n) is 3.84. The van der Waals surface area contributed by atoms with Crippen molar-refractivity contribution in [1.29, 1.82) is 0 Å². The smallest absolute Gasteiger partial charge is 0.267 e. The zero-order valence-corrected chi connectivity index (χ0v) is 17.4. The Morgan fingerprint density at radius 2 is 1.90 bits per heavy atom. The average molecular weight is 413 g/mol. The highest BCUT2D eigenvalue weighted by Crippen LogP contribution is 2.38. The van der Waals surface area contributed by atoms with Crippen LogP contribution in [0, 0.1) is 0 Å². The summed E-state index contributed by atoms with van der Waals surface area (Å²) in [6.07, 6.45) is 3.69. The van der Waals surface area contributed by atoms with Gasteiger partial charge >= 0.3 is 0 Å². The predicted molar refractivity (Wildman–Crippen MR) is 123 cm³/mol. The second-order valence-corrected chi connectivity index (χ2v) is 7.37. The molecular weight excluding hydrogens is 390 g/mol. The molecule has 2 N–H and O–H groups in total. The zero-order valence-electron chi connectivity index (χ0n) is 17.4. The van der Waals surface area contributed by atoms with Gasteiger partial charge in [-0.1, -0.05) is 30.3 Å². The fraction of sp³-hybridized carbons (Fsp3) is 0.167. The minimum absolute atomic E-state index is 0.728. The van der Waals surface area contributed by atoms with Gasteiger partial charge in [0.05, 0.1) is 36.8 Å². The van der Waals surface area contributed by atoms with Crippen LogP contribution < -0.4 is 15.4 Å². The summed E-state index contributed by atoms with van der Waals surface area (Å²) in [6, 6.07) is 22.1.